The second-order valence-electron chi connectivity index (χ2n) is 13.0. The average molecular weight is 660 g/mol. The number of nitrogens with zero attached hydrogens (tertiary/aromatic N) is 3. The molecular weight excluding hydrogens is 614 g/mol. The van der Waals surface area contributed by atoms with Gasteiger partial charge in [0, 0.05) is 37.0 Å². The molecule has 0 amide bonds. The maximum absolute atomic E-state index is 13.8. The predicted molar refractivity (Wildman–Crippen MR) is 187 cm³/mol. The van der Waals surface area contributed by atoms with Crippen molar-refractivity contribution in [2.45, 2.75) is 77.9 Å². The first-order chi connectivity index (χ1) is 22.6. The molecule has 1 heterocycles. The normalized spacial score (nSPS) is 19.3. The summed E-state index contributed by atoms with van der Waals surface area (Å²) in [5.74, 6) is -0.423. The van der Waals surface area contributed by atoms with E-state index in [1.807, 2.05) is 50.2 Å². The van der Waals surface area contributed by atoms with Gasteiger partial charge in [0.25, 0.3) is 0 Å². The number of aliphatic hydroxyl groups excluding tert-OH is 1. The van der Waals surface area contributed by atoms with Gasteiger partial charge in [-0.25, -0.2) is 4.79 Å². The number of hydrogen-bond acceptors (Lipinski definition) is 8. The van der Waals surface area contributed by atoms with E-state index in [0.717, 1.165) is 54.7 Å². The third kappa shape index (κ3) is 8.30. The molecule has 47 heavy (non-hydrogen) atoms. The second kappa shape index (κ2) is 15.6. The third-order valence-electron chi connectivity index (χ3n) is 9.48. The van der Waals surface area contributed by atoms with Crippen LogP contribution < -0.4 is 4.90 Å². The minimum absolute atomic E-state index is 0.0127. The number of oxime groups is 1. The van der Waals surface area contributed by atoms with Gasteiger partial charge in [-0.05, 0) is 99.0 Å². The molecule has 0 spiro atoms. The van der Waals surface area contributed by atoms with Crippen molar-refractivity contribution in [3.63, 3.8) is 0 Å². The van der Waals surface area contributed by atoms with Crippen molar-refractivity contribution in [2.24, 2.45) is 11.1 Å². The number of aliphatic hydroxyl groups is 1. The number of hydrogen-bond donors (Lipinski definition) is 1. The van der Waals surface area contributed by atoms with Gasteiger partial charge in [0.05, 0.1) is 41.3 Å². The number of benzene rings is 3. The van der Waals surface area contributed by atoms with Gasteiger partial charge in [0.2, 0.25) is 0 Å². The smallest absolute Gasteiger partial charge is 0.331 e. The molecule has 1 saturated carbocycles. The van der Waals surface area contributed by atoms with Gasteiger partial charge in [-0.3, -0.25) is 9.69 Å². The Kier molecular flexibility index (Phi) is 11.5. The molecule has 3 aromatic rings. The summed E-state index contributed by atoms with van der Waals surface area (Å²) in [5.41, 5.74) is 5.04. The Morgan fingerprint density at radius 1 is 0.979 bits per heavy atom. The molecule has 2 atom stereocenters. The Morgan fingerprint density at radius 3 is 2.19 bits per heavy atom. The van der Waals surface area contributed by atoms with Crippen LogP contribution in [-0.4, -0.2) is 65.4 Å². The van der Waals surface area contributed by atoms with Crippen molar-refractivity contribution < 1.29 is 24.3 Å². The van der Waals surface area contributed by atoms with E-state index < -0.39 is 17.6 Å². The number of carbonyl (C=O) groups excluding carboxylic acids is 2. The van der Waals surface area contributed by atoms with Gasteiger partial charge >= 0.3 is 5.97 Å². The van der Waals surface area contributed by atoms with Crippen LogP contribution in [0.3, 0.4) is 0 Å². The largest absolute Gasteiger partial charge is 0.393 e. The molecule has 9 heteroatoms. The van der Waals surface area contributed by atoms with Crippen LogP contribution in [0.2, 0.25) is 5.02 Å². The van der Waals surface area contributed by atoms with Crippen LogP contribution in [0.5, 0.6) is 0 Å². The first-order valence-corrected chi connectivity index (χ1v) is 17.1. The Labute approximate surface area is 283 Å². The molecule has 250 valence electrons. The lowest BCUT2D eigenvalue weighted by Crippen LogP contribution is -2.54. The molecule has 1 aliphatic carbocycles. The molecule has 2 fully saturated rings. The van der Waals surface area contributed by atoms with Crippen molar-refractivity contribution in [1.82, 2.24) is 4.90 Å². The molecule has 8 nitrogen and oxygen atoms in total. The standard InChI is InChI=1S/C38H46ClN3O5/c1-5-27-10-15-31(16-11-27)42(35-19-14-30(24-33(35)39)37(45)38(3,4)41-20-22-46-23-21-41)32-17-12-28(13-18-32)34(40-47-26(2)43)25-29-8-6-7-9-36(29)44/h10-19,24,29,36,44H,5-9,20-23,25H2,1-4H3/b40-34+. The molecule has 2 unspecified atom stereocenters. The molecule has 0 radical (unpaired) electrons. The minimum atomic E-state index is -0.695. The lowest BCUT2D eigenvalue weighted by Gasteiger charge is -2.39. The monoisotopic (exact) mass is 659 g/mol. The maximum Gasteiger partial charge on any atom is 0.331 e. The van der Waals surface area contributed by atoms with Gasteiger partial charge in [-0.15, -0.1) is 0 Å². The summed E-state index contributed by atoms with van der Waals surface area (Å²) in [6, 6.07) is 21.8. The molecule has 3 aromatic carbocycles. The average Bonchev–Trinajstić information content (AvgIpc) is 3.09. The number of morpholine rings is 1. The van der Waals surface area contributed by atoms with Crippen molar-refractivity contribution in [3.05, 3.63) is 88.4 Å². The fourth-order valence-corrected chi connectivity index (χ4v) is 6.83. The molecule has 5 rings (SSSR count). The summed E-state index contributed by atoms with van der Waals surface area (Å²) in [6.45, 7) is 10.00. The summed E-state index contributed by atoms with van der Waals surface area (Å²) in [4.78, 5) is 34.7. The van der Waals surface area contributed by atoms with Crippen LogP contribution in [0, 0.1) is 5.92 Å². The maximum atomic E-state index is 13.8. The molecular formula is C38H46ClN3O5. The van der Waals surface area contributed by atoms with E-state index in [4.69, 9.17) is 21.2 Å². The second-order valence-corrected chi connectivity index (χ2v) is 13.4. The molecule has 2 aliphatic rings. The summed E-state index contributed by atoms with van der Waals surface area (Å²) in [5, 5.41) is 15.3. The van der Waals surface area contributed by atoms with Crippen LogP contribution in [0.25, 0.3) is 0 Å². The number of carbonyl (C=O) groups is 2. The zero-order valence-corrected chi connectivity index (χ0v) is 28.6. The van der Waals surface area contributed by atoms with Crippen molar-refractivity contribution in [3.8, 4) is 0 Å². The first-order valence-electron chi connectivity index (χ1n) is 16.7. The highest BCUT2D eigenvalue weighted by Gasteiger charge is 2.36. The number of rotatable bonds is 11. The van der Waals surface area contributed by atoms with Crippen molar-refractivity contribution in [2.75, 3.05) is 31.2 Å². The van der Waals surface area contributed by atoms with Crippen LogP contribution in [-0.2, 0) is 20.8 Å². The number of ether oxygens (including phenoxy) is 1. The topological polar surface area (TPSA) is 91.7 Å². The van der Waals surface area contributed by atoms with E-state index in [2.05, 4.69) is 46.1 Å². The van der Waals surface area contributed by atoms with E-state index in [1.165, 1.54) is 12.5 Å². The van der Waals surface area contributed by atoms with Gasteiger partial charge in [-0.2, -0.15) is 0 Å². The highest BCUT2D eigenvalue weighted by Crippen LogP contribution is 2.40. The van der Waals surface area contributed by atoms with Crippen LogP contribution in [0.1, 0.15) is 81.3 Å². The zero-order chi connectivity index (χ0) is 33.6. The number of aryl methyl sites for hydroxylation is 1. The quantitative estimate of drug-likeness (QED) is 0.0969. The van der Waals surface area contributed by atoms with Gasteiger partial charge in [0.15, 0.2) is 5.78 Å². The number of anilines is 3. The van der Waals surface area contributed by atoms with E-state index in [9.17, 15) is 14.7 Å². The molecule has 0 bridgehead atoms. The Bertz CT molecular complexity index is 1570. The number of Topliss-reactive ketones (excluding diaryl/α,β-unsaturated/α-hetero) is 1. The highest BCUT2D eigenvalue weighted by molar-refractivity contribution is 6.34. The molecule has 1 N–H and O–H groups in total. The molecule has 1 saturated heterocycles. The van der Waals surface area contributed by atoms with Crippen LogP contribution >= 0.6 is 11.6 Å². The van der Waals surface area contributed by atoms with Gasteiger partial charge in [0.1, 0.15) is 0 Å². The van der Waals surface area contributed by atoms with Gasteiger partial charge < -0.3 is 19.6 Å². The number of ketones is 1. The third-order valence-corrected chi connectivity index (χ3v) is 9.78. The highest BCUT2D eigenvalue weighted by atomic mass is 35.5. The Morgan fingerprint density at radius 2 is 1.60 bits per heavy atom. The Balaban J connectivity index is 1.48. The van der Waals surface area contributed by atoms with Crippen LogP contribution in [0.15, 0.2) is 71.9 Å². The fourth-order valence-electron chi connectivity index (χ4n) is 6.56. The van der Waals surface area contributed by atoms with E-state index in [0.29, 0.717) is 49.0 Å². The lowest BCUT2D eigenvalue weighted by molar-refractivity contribution is -0.140. The number of halogens is 1. The summed E-state index contributed by atoms with van der Waals surface area (Å²) < 4.78 is 5.50. The summed E-state index contributed by atoms with van der Waals surface area (Å²) in [6.07, 6.45) is 4.78. The van der Waals surface area contributed by atoms with Crippen LogP contribution in [0.4, 0.5) is 17.1 Å². The summed E-state index contributed by atoms with van der Waals surface area (Å²) >= 11 is 7.02. The van der Waals surface area contributed by atoms with E-state index in [-0.39, 0.29) is 11.7 Å². The van der Waals surface area contributed by atoms with Crippen molar-refractivity contribution >= 4 is 46.1 Å². The first kappa shape index (κ1) is 34.8. The predicted octanol–water partition coefficient (Wildman–Crippen LogP) is 7.87. The summed E-state index contributed by atoms with van der Waals surface area (Å²) in [7, 11) is 0. The Hall–Kier alpha value is -3.56. The van der Waals surface area contributed by atoms with Gasteiger partial charge in [-0.1, -0.05) is 60.8 Å². The SMILES string of the molecule is CCc1ccc(N(c2ccc(/C(CC3CCCCC3O)=N/OC(C)=O)cc2)c2ccc(C(=O)C(C)(C)N3CCOCC3)cc2Cl)cc1. The molecule has 1 aliphatic heterocycles. The fraction of sp³-hybridized carbons (Fsp3) is 0.447. The van der Waals surface area contributed by atoms with E-state index in [1.54, 1.807) is 6.07 Å². The minimum Gasteiger partial charge on any atom is -0.393 e. The lowest BCUT2D eigenvalue weighted by atomic mass is 9.82. The van der Waals surface area contributed by atoms with Crippen molar-refractivity contribution in [1.29, 1.82) is 0 Å². The zero-order valence-electron chi connectivity index (χ0n) is 27.9. The molecule has 0 aromatic heterocycles. The van der Waals surface area contributed by atoms with E-state index >= 15 is 0 Å².